The predicted octanol–water partition coefficient (Wildman–Crippen LogP) is 4.64. The molecule has 0 atom stereocenters. The third kappa shape index (κ3) is 3.63. The number of hydrogen-bond acceptors (Lipinski definition) is 5. The number of ether oxygens (including phenoxy) is 2. The van der Waals surface area contributed by atoms with E-state index in [4.69, 9.17) is 25.5 Å². The average Bonchev–Trinajstić information content (AvgIpc) is 2.65. The molecule has 0 saturated carbocycles. The summed E-state index contributed by atoms with van der Waals surface area (Å²) < 4.78 is 16.0. The van der Waals surface area contributed by atoms with Crippen LogP contribution in [0.2, 0.25) is 5.02 Å². The minimum Gasteiger partial charge on any atom is -0.495 e. The van der Waals surface area contributed by atoms with Crippen LogP contribution in [0.3, 0.4) is 0 Å². The monoisotopic (exact) mass is 373 g/mol. The van der Waals surface area contributed by atoms with Crippen molar-refractivity contribution in [1.29, 1.82) is 0 Å². The van der Waals surface area contributed by atoms with E-state index in [0.29, 0.717) is 28.6 Å². The summed E-state index contributed by atoms with van der Waals surface area (Å²) in [4.78, 5) is 11.9. The Labute approximate surface area is 156 Å². The minimum atomic E-state index is -0.372. The predicted molar refractivity (Wildman–Crippen MR) is 104 cm³/mol. The van der Waals surface area contributed by atoms with Crippen LogP contribution in [-0.2, 0) is 13.0 Å². The van der Waals surface area contributed by atoms with E-state index >= 15 is 0 Å². The topological polar surface area (TPSA) is 60.7 Å². The first kappa shape index (κ1) is 18.1. The highest BCUT2D eigenvalue weighted by Crippen LogP contribution is 2.36. The molecule has 136 valence electrons. The van der Waals surface area contributed by atoms with Crippen molar-refractivity contribution in [3.05, 3.63) is 63.0 Å². The molecule has 1 aromatic heterocycles. The first-order valence-electron chi connectivity index (χ1n) is 8.26. The molecule has 0 bridgehead atoms. The summed E-state index contributed by atoms with van der Waals surface area (Å²) in [6, 6.07) is 10.9. The molecule has 6 heteroatoms. The second kappa shape index (κ2) is 7.70. The van der Waals surface area contributed by atoms with E-state index in [9.17, 15) is 4.79 Å². The van der Waals surface area contributed by atoms with Gasteiger partial charge in [0.25, 0.3) is 0 Å². The van der Waals surface area contributed by atoms with Crippen LogP contribution in [0.25, 0.3) is 11.0 Å². The number of aryl methyl sites for hydroxylation is 1. The lowest BCUT2D eigenvalue weighted by Crippen LogP contribution is -2.07. The molecule has 0 saturated heterocycles. The lowest BCUT2D eigenvalue weighted by Gasteiger charge is -2.14. The molecule has 0 radical (unpaired) electrons. The van der Waals surface area contributed by atoms with Crippen LogP contribution in [0.15, 0.2) is 45.6 Å². The van der Waals surface area contributed by atoms with Crippen LogP contribution in [0.1, 0.15) is 18.1 Å². The number of halogens is 1. The highest BCUT2D eigenvalue weighted by atomic mass is 35.5. The maximum absolute atomic E-state index is 11.9. The third-order valence-corrected chi connectivity index (χ3v) is 4.54. The fourth-order valence-corrected chi connectivity index (χ4v) is 3.06. The van der Waals surface area contributed by atoms with Gasteiger partial charge in [-0.25, -0.2) is 4.79 Å². The normalized spacial score (nSPS) is 10.8. The molecule has 0 aliphatic rings. The number of rotatable bonds is 6. The number of fused-ring (bicyclic) bond motifs is 1. The van der Waals surface area contributed by atoms with Crippen molar-refractivity contribution >= 4 is 28.3 Å². The van der Waals surface area contributed by atoms with Crippen LogP contribution in [0.5, 0.6) is 11.5 Å². The molecule has 1 heterocycles. The number of methoxy groups -OCH3 is 2. The molecule has 0 aliphatic heterocycles. The Morgan fingerprint density at radius 1 is 1.08 bits per heavy atom. The first-order valence-corrected chi connectivity index (χ1v) is 8.64. The minimum absolute atomic E-state index is 0.372. The van der Waals surface area contributed by atoms with Crippen LogP contribution in [0.4, 0.5) is 5.69 Å². The molecule has 0 fully saturated rings. The number of anilines is 1. The number of nitrogens with one attached hydrogen (secondary N) is 1. The van der Waals surface area contributed by atoms with Gasteiger partial charge >= 0.3 is 5.63 Å². The maximum Gasteiger partial charge on any atom is 0.336 e. The molecule has 0 aliphatic carbocycles. The Bertz CT molecular complexity index is 997. The van der Waals surface area contributed by atoms with Gasteiger partial charge in [-0.05, 0) is 23.6 Å². The van der Waals surface area contributed by atoms with Crippen molar-refractivity contribution in [2.24, 2.45) is 0 Å². The number of hydrogen-bond donors (Lipinski definition) is 1. The van der Waals surface area contributed by atoms with Gasteiger partial charge in [0.2, 0.25) is 0 Å². The van der Waals surface area contributed by atoms with Crippen LogP contribution in [0, 0.1) is 0 Å². The van der Waals surface area contributed by atoms with Crippen LogP contribution in [-0.4, -0.2) is 14.2 Å². The molecule has 5 nitrogen and oxygen atoms in total. The summed E-state index contributed by atoms with van der Waals surface area (Å²) in [5.41, 5.74) is 2.91. The molecular formula is C20H20ClNO4. The molecule has 0 amide bonds. The average molecular weight is 374 g/mol. The number of benzene rings is 2. The van der Waals surface area contributed by atoms with Crippen molar-refractivity contribution < 1.29 is 13.9 Å². The highest BCUT2D eigenvalue weighted by Gasteiger charge is 2.11. The van der Waals surface area contributed by atoms with Crippen molar-refractivity contribution in [2.45, 2.75) is 19.9 Å². The summed E-state index contributed by atoms with van der Waals surface area (Å²) in [7, 11) is 3.13. The van der Waals surface area contributed by atoms with E-state index in [2.05, 4.69) is 12.2 Å². The van der Waals surface area contributed by atoms with Gasteiger partial charge in [-0.15, -0.1) is 0 Å². The Kier molecular flexibility index (Phi) is 5.38. The highest BCUT2D eigenvalue weighted by molar-refractivity contribution is 6.32. The summed E-state index contributed by atoms with van der Waals surface area (Å²) in [6.45, 7) is 2.49. The zero-order valence-corrected chi connectivity index (χ0v) is 15.6. The van der Waals surface area contributed by atoms with Crippen molar-refractivity contribution in [2.75, 3.05) is 19.5 Å². The first-order chi connectivity index (χ1) is 12.5. The lowest BCUT2D eigenvalue weighted by molar-refractivity contribution is 0.404. The molecule has 3 aromatic rings. The van der Waals surface area contributed by atoms with E-state index in [1.54, 1.807) is 26.4 Å². The van der Waals surface area contributed by atoms with Gasteiger partial charge in [0.05, 0.1) is 24.9 Å². The van der Waals surface area contributed by atoms with E-state index in [1.165, 1.54) is 6.07 Å². The van der Waals surface area contributed by atoms with Gasteiger partial charge in [0.1, 0.15) is 17.1 Å². The molecule has 3 rings (SSSR count). The fraction of sp³-hybridized carbons (Fsp3) is 0.250. The van der Waals surface area contributed by atoms with Gasteiger partial charge in [-0.2, -0.15) is 0 Å². The molecule has 1 N–H and O–H groups in total. The molecular weight excluding hydrogens is 354 g/mol. The van der Waals surface area contributed by atoms with Gasteiger partial charge < -0.3 is 19.2 Å². The lowest BCUT2D eigenvalue weighted by atomic mass is 10.1. The SMILES string of the molecule is CCc1ccc2c(CNc3cc(OC)c(Cl)cc3OC)cc(=O)oc2c1. The Balaban J connectivity index is 1.96. The van der Waals surface area contributed by atoms with Crippen molar-refractivity contribution in [3.8, 4) is 11.5 Å². The summed E-state index contributed by atoms with van der Waals surface area (Å²) in [5, 5.41) is 4.65. The van der Waals surface area contributed by atoms with Gasteiger partial charge in [-0.3, -0.25) is 0 Å². The van der Waals surface area contributed by atoms with Crippen molar-refractivity contribution in [1.82, 2.24) is 0 Å². The summed E-state index contributed by atoms with van der Waals surface area (Å²) in [5.74, 6) is 1.14. The van der Waals surface area contributed by atoms with Crippen LogP contribution >= 0.6 is 11.6 Å². The Hall–Kier alpha value is -2.66. The van der Waals surface area contributed by atoms with Crippen molar-refractivity contribution in [3.63, 3.8) is 0 Å². The molecule has 0 spiro atoms. The maximum atomic E-state index is 11.9. The quantitative estimate of drug-likeness (QED) is 0.638. The summed E-state index contributed by atoms with van der Waals surface area (Å²) >= 11 is 6.14. The van der Waals surface area contributed by atoms with E-state index < -0.39 is 0 Å². The largest absolute Gasteiger partial charge is 0.495 e. The van der Waals surface area contributed by atoms with Gasteiger partial charge in [0.15, 0.2) is 0 Å². The Morgan fingerprint density at radius 2 is 1.85 bits per heavy atom. The third-order valence-electron chi connectivity index (χ3n) is 4.25. The van der Waals surface area contributed by atoms with Gasteiger partial charge in [-0.1, -0.05) is 30.7 Å². The Morgan fingerprint density at radius 3 is 2.54 bits per heavy atom. The smallest absolute Gasteiger partial charge is 0.336 e. The van der Waals surface area contributed by atoms with E-state index in [-0.39, 0.29) is 5.63 Å². The van der Waals surface area contributed by atoms with Gasteiger partial charge in [0, 0.05) is 30.1 Å². The molecule has 26 heavy (non-hydrogen) atoms. The zero-order chi connectivity index (χ0) is 18.7. The second-order valence-electron chi connectivity index (χ2n) is 5.82. The fourth-order valence-electron chi connectivity index (χ4n) is 2.83. The van der Waals surface area contributed by atoms with E-state index in [0.717, 1.165) is 28.6 Å². The van der Waals surface area contributed by atoms with E-state index in [1.807, 2.05) is 18.2 Å². The molecule has 2 aromatic carbocycles. The summed E-state index contributed by atoms with van der Waals surface area (Å²) in [6.07, 6.45) is 0.879. The van der Waals surface area contributed by atoms with Crippen LogP contribution < -0.4 is 20.4 Å². The second-order valence-corrected chi connectivity index (χ2v) is 6.22. The zero-order valence-electron chi connectivity index (χ0n) is 14.9. The molecule has 0 unspecified atom stereocenters. The standard InChI is InChI=1S/C20H20ClNO4/c1-4-12-5-6-14-13(8-20(23)26-17(14)7-12)11-22-16-10-18(24-2)15(21)9-19(16)25-3/h5-10,22H,4,11H2,1-3H3.